The molecule has 0 unspecified atom stereocenters. The normalized spacial score (nSPS) is 10.9. The Bertz CT molecular complexity index is 692. The zero-order chi connectivity index (χ0) is 17.5. The minimum absolute atomic E-state index is 0.0572. The molecule has 1 N–H and O–H groups in total. The molecule has 24 heavy (non-hydrogen) atoms. The summed E-state index contributed by atoms with van der Waals surface area (Å²) >= 11 is 6.48. The van der Waals surface area contributed by atoms with Gasteiger partial charge in [0.2, 0.25) is 5.13 Å². The van der Waals surface area contributed by atoms with Crippen LogP contribution in [0.2, 0.25) is 0 Å². The summed E-state index contributed by atoms with van der Waals surface area (Å²) in [5.41, 5.74) is 1.06. The number of carbonyl (C=O) groups excluding carboxylic acids is 1. The second kappa shape index (κ2) is 9.39. The molecular weight excluding hydrogens is 410 g/mol. The van der Waals surface area contributed by atoms with Crippen molar-refractivity contribution in [2.24, 2.45) is 0 Å². The average Bonchev–Trinajstić information content (AvgIpc) is 2.98. The van der Waals surface area contributed by atoms with E-state index in [-0.39, 0.29) is 12.5 Å². The molecule has 1 amide bonds. The van der Waals surface area contributed by atoms with Gasteiger partial charge in [-0.1, -0.05) is 59.8 Å². The van der Waals surface area contributed by atoms with Gasteiger partial charge in [0.15, 0.2) is 10.9 Å². The third-order valence-electron chi connectivity index (χ3n) is 3.04. The van der Waals surface area contributed by atoms with E-state index in [0.29, 0.717) is 11.0 Å². The van der Waals surface area contributed by atoms with Crippen molar-refractivity contribution >= 4 is 50.1 Å². The predicted molar refractivity (Wildman–Crippen MR) is 103 cm³/mol. The lowest BCUT2D eigenvalue weighted by molar-refractivity contribution is -0.118. The molecule has 1 aromatic heterocycles. The van der Waals surface area contributed by atoms with E-state index in [1.165, 1.54) is 11.3 Å². The van der Waals surface area contributed by atoms with Crippen LogP contribution >= 0.6 is 39.0 Å². The third-order valence-corrected chi connectivity index (χ3v) is 5.71. The van der Waals surface area contributed by atoms with E-state index >= 15 is 0 Å². The Morgan fingerprint density at radius 2 is 2.21 bits per heavy atom. The number of thioether (sulfide) groups is 1. The van der Waals surface area contributed by atoms with Gasteiger partial charge in [0.1, 0.15) is 5.75 Å². The fourth-order valence-electron chi connectivity index (χ4n) is 1.91. The molecule has 130 valence electrons. The maximum atomic E-state index is 12.0. The Balaban J connectivity index is 1.90. The number of rotatable bonds is 8. The van der Waals surface area contributed by atoms with E-state index in [0.717, 1.165) is 32.3 Å². The highest BCUT2D eigenvalue weighted by atomic mass is 79.9. The molecule has 0 atom stereocenters. The highest BCUT2D eigenvalue weighted by Gasteiger charge is 2.12. The summed E-state index contributed by atoms with van der Waals surface area (Å²) < 4.78 is 7.54. The molecular formula is C16H20BrN3O2S2. The fraction of sp³-hybridized carbons (Fsp3) is 0.438. The van der Waals surface area contributed by atoms with Crippen LogP contribution in [-0.2, 0) is 4.79 Å². The number of anilines is 1. The van der Waals surface area contributed by atoms with Crippen LogP contribution in [0.25, 0.3) is 0 Å². The van der Waals surface area contributed by atoms with Gasteiger partial charge in [-0.2, -0.15) is 0 Å². The van der Waals surface area contributed by atoms with Crippen LogP contribution in [-0.4, -0.2) is 28.5 Å². The number of carbonyl (C=O) groups is 1. The first-order valence-electron chi connectivity index (χ1n) is 7.68. The average molecular weight is 430 g/mol. The van der Waals surface area contributed by atoms with Crippen molar-refractivity contribution in [3.8, 4) is 5.75 Å². The van der Waals surface area contributed by atoms with Crippen LogP contribution in [0.5, 0.6) is 5.75 Å². The van der Waals surface area contributed by atoms with Crippen molar-refractivity contribution in [1.29, 1.82) is 0 Å². The first kappa shape index (κ1) is 19.2. The Morgan fingerprint density at radius 1 is 1.42 bits per heavy atom. The molecule has 2 aromatic rings. The predicted octanol–water partition coefficient (Wildman–Crippen LogP) is 4.94. The summed E-state index contributed by atoms with van der Waals surface area (Å²) in [6.07, 6.45) is 1.07. The first-order valence-corrected chi connectivity index (χ1v) is 10.3. The molecule has 0 radical (unpaired) electrons. The molecule has 0 aliphatic carbocycles. The number of nitrogens with zero attached hydrogens (tertiary/aromatic N) is 2. The molecule has 0 aliphatic heterocycles. The largest absolute Gasteiger partial charge is 0.483 e. The Hall–Kier alpha value is -1.12. The first-order chi connectivity index (χ1) is 11.5. The van der Waals surface area contributed by atoms with Crippen molar-refractivity contribution in [3.63, 3.8) is 0 Å². The standard InChI is InChI=1S/C16H20BrN3O2S2/c1-4-7-23-16-20-19-15(24-16)18-14(21)9-22-13-6-5-11(17)8-12(13)10(2)3/h5-6,8,10H,4,7,9H2,1-3H3,(H,18,19,21). The molecule has 1 heterocycles. The number of amides is 1. The lowest BCUT2D eigenvalue weighted by atomic mass is 10.0. The van der Waals surface area contributed by atoms with Crippen molar-refractivity contribution in [1.82, 2.24) is 10.2 Å². The number of ether oxygens (including phenoxy) is 1. The summed E-state index contributed by atoms with van der Waals surface area (Å²) in [7, 11) is 0. The molecule has 8 heteroatoms. The van der Waals surface area contributed by atoms with E-state index in [1.54, 1.807) is 11.8 Å². The van der Waals surface area contributed by atoms with Crippen LogP contribution in [0.4, 0.5) is 5.13 Å². The summed E-state index contributed by atoms with van der Waals surface area (Å²) in [6, 6.07) is 5.79. The van der Waals surface area contributed by atoms with Crippen molar-refractivity contribution < 1.29 is 9.53 Å². The molecule has 0 saturated heterocycles. The highest BCUT2D eigenvalue weighted by molar-refractivity contribution is 9.10. The van der Waals surface area contributed by atoms with Crippen molar-refractivity contribution in [3.05, 3.63) is 28.2 Å². The highest BCUT2D eigenvalue weighted by Crippen LogP contribution is 2.30. The molecule has 2 rings (SSSR count). The maximum Gasteiger partial charge on any atom is 0.264 e. The number of halogens is 1. The lowest BCUT2D eigenvalue weighted by Crippen LogP contribution is -2.20. The third kappa shape index (κ3) is 5.75. The molecule has 5 nitrogen and oxygen atoms in total. The summed E-state index contributed by atoms with van der Waals surface area (Å²) in [5.74, 6) is 1.78. The number of hydrogen-bond donors (Lipinski definition) is 1. The summed E-state index contributed by atoms with van der Waals surface area (Å²) in [5, 5.41) is 11.2. The second-order valence-electron chi connectivity index (χ2n) is 5.40. The number of aromatic nitrogens is 2. The van der Waals surface area contributed by atoms with Gasteiger partial charge in [-0.25, -0.2) is 0 Å². The van der Waals surface area contributed by atoms with Crippen LogP contribution in [0.3, 0.4) is 0 Å². The van der Waals surface area contributed by atoms with Crippen LogP contribution in [0.15, 0.2) is 27.0 Å². The van der Waals surface area contributed by atoms with Crippen LogP contribution < -0.4 is 10.1 Å². The van der Waals surface area contributed by atoms with E-state index in [2.05, 4.69) is 52.2 Å². The van der Waals surface area contributed by atoms with Crippen molar-refractivity contribution in [2.75, 3.05) is 17.7 Å². The van der Waals surface area contributed by atoms with Crippen LogP contribution in [0, 0.1) is 0 Å². The van der Waals surface area contributed by atoms with Gasteiger partial charge in [0.05, 0.1) is 0 Å². The smallest absolute Gasteiger partial charge is 0.264 e. The molecule has 0 spiro atoms. The minimum atomic E-state index is -0.240. The zero-order valence-electron chi connectivity index (χ0n) is 13.8. The van der Waals surface area contributed by atoms with Gasteiger partial charge in [0, 0.05) is 10.2 Å². The van der Waals surface area contributed by atoms with Gasteiger partial charge in [-0.05, 0) is 36.1 Å². The van der Waals surface area contributed by atoms with E-state index < -0.39 is 0 Å². The number of benzene rings is 1. The number of nitrogens with one attached hydrogen (secondary N) is 1. The van der Waals surface area contributed by atoms with Crippen LogP contribution in [0.1, 0.15) is 38.7 Å². The Kier molecular flexibility index (Phi) is 7.51. The number of hydrogen-bond acceptors (Lipinski definition) is 6. The van der Waals surface area contributed by atoms with Gasteiger partial charge >= 0.3 is 0 Å². The summed E-state index contributed by atoms with van der Waals surface area (Å²) in [4.78, 5) is 12.0. The molecule has 1 aromatic carbocycles. The lowest BCUT2D eigenvalue weighted by Gasteiger charge is -2.14. The van der Waals surface area contributed by atoms with E-state index in [1.807, 2.05) is 18.2 Å². The van der Waals surface area contributed by atoms with Gasteiger partial charge in [0.25, 0.3) is 5.91 Å². The molecule has 0 saturated carbocycles. The van der Waals surface area contributed by atoms with Gasteiger partial charge in [-0.3, -0.25) is 10.1 Å². The second-order valence-corrected chi connectivity index (χ2v) is 8.63. The Labute approximate surface area is 158 Å². The zero-order valence-corrected chi connectivity index (χ0v) is 17.1. The quantitative estimate of drug-likeness (QED) is 0.475. The maximum absolute atomic E-state index is 12.0. The molecule has 0 bridgehead atoms. The fourth-order valence-corrected chi connectivity index (χ4v) is 3.98. The van der Waals surface area contributed by atoms with Crippen molar-refractivity contribution in [2.45, 2.75) is 37.4 Å². The molecule has 0 fully saturated rings. The Morgan fingerprint density at radius 3 is 2.92 bits per heavy atom. The minimum Gasteiger partial charge on any atom is -0.483 e. The van der Waals surface area contributed by atoms with E-state index in [4.69, 9.17) is 4.74 Å². The van der Waals surface area contributed by atoms with Gasteiger partial charge in [-0.15, -0.1) is 10.2 Å². The topological polar surface area (TPSA) is 64.1 Å². The van der Waals surface area contributed by atoms with E-state index in [9.17, 15) is 4.79 Å². The summed E-state index contributed by atoms with van der Waals surface area (Å²) in [6.45, 7) is 6.23. The SMILES string of the molecule is CCCSc1nnc(NC(=O)COc2ccc(Br)cc2C(C)C)s1. The molecule has 0 aliphatic rings. The monoisotopic (exact) mass is 429 g/mol. The van der Waals surface area contributed by atoms with Gasteiger partial charge < -0.3 is 4.74 Å².